The van der Waals surface area contributed by atoms with Gasteiger partial charge in [-0.3, -0.25) is 0 Å². The third-order valence-corrected chi connectivity index (χ3v) is 4.06. The maximum atomic E-state index is 12.0. The topological polar surface area (TPSA) is 100 Å². The first-order chi connectivity index (χ1) is 11.2. The molecule has 0 spiro atoms. The lowest BCUT2D eigenvalue weighted by molar-refractivity contribution is 0.391. The van der Waals surface area contributed by atoms with Crippen molar-refractivity contribution in [3.63, 3.8) is 0 Å². The second-order valence-corrected chi connectivity index (χ2v) is 5.64. The maximum absolute atomic E-state index is 12.0. The number of nitrogens with zero attached hydrogens (tertiary/aromatic N) is 4. The van der Waals surface area contributed by atoms with Crippen LogP contribution in [0, 0.1) is 0 Å². The van der Waals surface area contributed by atoms with E-state index in [2.05, 4.69) is 15.3 Å². The second-order valence-electron chi connectivity index (χ2n) is 4.69. The predicted molar refractivity (Wildman–Crippen MR) is 79.9 cm³/mol. The minimum Gasteiger partial charge on any atom is -0.459 e. The third kappa shape index (κ3) is 2.40. The molecular formula is C14H10N4O4S. The molecule has 8 nitrogen and oxygen atoms in total. The Morgan fingerprint density at radius 2 is 2.09 bits per heavy atom. The summed E-state index contributed by atoms with van der Waals surface area (Å²) < 4.78 is 17.0. The molecule has 0 bridgehead atoms. The first-order valence-electron chi connectivity index (χ1n) is 6.73. The summed E-state index contributed by atoms with van der Waals surface area (Å²) in [5, 5.41) is 14.0. The van der Waals surface area contributed by atoms with Gasteiger partial charge in [0, 0.05) is 0 Å². The lowest BCUT2D eigenvalue weighted by atomic mass is 10.3. The number of hydrogen-bond acceptors (Lipinski definition) is 8. The van der Waals surface area contributed by atoms with Crippen molar-refractivity contribution in [2.75, 3.05) is 0 Å². The lowest BCUT2D eigenvalue weighted by Crippen LogP contribution is -2.21. The van der Waals surface area contributed by atoms with Gasteiger partial charge in [-0.2, -0.15) is 4.68 Å². The van der Waals surface area contributed by atoms with Gasteiger partial charge in [0.1, 0.15) is 6.04 Å². The average Bonchev–Trinajstić information content (AvgIpc) is 3.31. The average molecular weight is 330 g/mol. The number of thiophene rings is 1. The molecule has 0 aromatic carbocycles. The van der Waals surface area contributed by atoms with Crippen molar-refractivity contribution in [3.05, 3.63) is 52.4 Å². The molecule has 1 atom stereocenters. The first-order valence-corrected chi connectivity index (χ1v) is 7.61. The van der Waals surface area contributed by atoms with Crippen LogP contribution in [0.3, 0.4) is 0 Å². The highest BCUT2D eigenvalue weighted by molar-refractivity contribution is 7.13. The monoisotopic (exact) mass is 330 g/mol. The van der Waals surface area contributed by atoms with Gasteiger partial charge in [0.25, 0.3) is 11.8 Å². The van der Waals surface area contributed by atoms with Gasteiger partial charge in [0.15, 0.2) is 5.76 Å². The Kier molecular flexibility index (Phi) is 3.19. The molecule has 0 amide bonds. The van der Waals surface area contributed by atoms with Crippen LogP contribution < -0.4 is 5.76 Å². The maximum Gasteiger partial charge on any atom is 0.438 e. The zero-order valence-corrected chi connectivity index (χ0v) is 12.7. The Balaban J connectivity index is 1.67. The van der Waals surface area contributed by atoms with Gasteiger partial charge >= 0.3 is 5.76 Å². The van der Waals surface area contributed by atoms with E-state index >= 15 is 0 Å². The molecule has 0 aliphatic heterocycles. The summed E-state index contributed by atoms with van der Waals surface area (Å²) in [6.45, 7) is 1.72. The molecular weight excluding hydrogens is 320 g/mol. The molecule has 0 unspecified atom stereocenters. The summed E-state index contributed by atoms with van der Waals surface area (Å²) in [6.07, 6.45) is 1.48. The van der Waals surface area contributed by atoms with Crippen molar-refractivity contribution in [1.29, 1.82) is 0 Å². The van der Waals surface area contributed by atoms with E-state index in [0.29, 0.717) is 11.7 Å². The minimum absolute atomic E-state index is 0.102. The van der Waals surface area contributed by atoms with Crippen LogP contribution in [0.25, 0.3) is 22.4 Å². The van der Waals surface area contributed by atoms with Crippen molar-refractivity contribution < 1.29 is 13.3 Å². The van der Waals surface area contributed by atoms with E-state index in [1.54, 1.807) is 19.1 Å². The molecule has 0 aliphatic carbocycles. The summed E-state index contributed by atoms with van der Waals surface area (Å²) in [4.78, 5) is 12.9. The molecule has 0 aliphatic rings. The van der Waals surface area contributed by atoms with Crippen LogP contribution in [-0.2, 0) is 0 Å². The zero-order valence-electron chi connectivity index (χ0n) is 11.9. The van der Waals surface area contributed by atoms with E-state index in [1.165, 1.54) is 17.6 Å². The van der Waals surface area contributed by atoms with Crippen LogP contribution in [0.1, 0.15) is 18.9 Å². The molecule has 0 radical (unpaired) electrons. The van der Waals surface area contributed by atoms with Gasteiger partial charge in [0.05, 0.1) is 11.1 Å². The van der Waals surface area contributed by atoms with Crippen molar-refractivity contribution >= 4 is 11.3 Å². The van der Waals surface area contributed by atoms with Crippen molar-refractivity contribution in [2.24, 2.45) is 0 Å². The van der Waals surface area contributed by atoms with E-state index in [-0.39, 0.29) is 11.8 Å². The fourth-order valence-corrected chi connectivity index (χ4v) is 2.69. The van der Waals surface area contributed by atoms with Gasteiger partial charge < -0.3 is 13.3 Å². The van der Waals surface area contributed by atoms with E-state index in [4.69, 9.17) is 13.3 Å². The van der Waals surface area contributed by atoms with E-state index in [9.17, 15) is 4.79 Å². The van der Waals surface area contributed by atoms with Crippen LogP contribution in [0.2, 0.25) is 0 Å². The van der Waals surface area contributed by atoms with Crippen molar-refractivity contribution in [2.45, 2.75) is 13.0 Å². The van der Waals surface area contributed by atoms with Gasteiger partial charge in [-0.1, -0.05) is 6.07 Å². The normalized spacial score (nSPS) is 12.6. The van der Waals surface area contributed by atoms with Gasteiger partial charge in [-0.15, -0.1) is 26.6 Å². The largest absolute Gasteiger partial charge is 0.459 e. The van der Waals surface area contributed by atoms with Gasteiger partial charge in [0.2, 0.25) is 5.89 Å². The summed E-state index contributed by atoms with van der Waals surface area (Å²) in [5.41, 5.74) is 0. The Labute approximate surface area is 133 Å². The quantitative estimate of drug-likeness (QED) is 0.567. The molecule has 4 aromatic rings. The molecule has 0 N–H and O–H groups in total. The van der Waals surface area contributed by atoms with Crippen molar-refractivity contribution in [1.82, 2.24) is 20.0 Å². The van der Waals surface area contributed by atoms with Crippen molar-refractivity contribution in [3.8, 4) is 22.4 Å². The number of hydrogen-bond donors (Lipinski definition) is 0. The van der Waals surface area contributed by atoms with E-state index < -0.39 is 11.8 Å². The standard InChI is InChI=1S/C14H10N4O4S/c1-8(11-15-16-13(21-11)10-5-3-7-23-10)18-14(19)22-12(17-18)9-4-2-6-20-9/h2-8H,1H3/t8-/m0/s1. The van der Waals surface area contributed by atoms with Crippen LogP contribution in [-0.4, -0.2) is 20.0 Å². The number of rotatable bonds is 4. The highest BCUT2D eigenvalue weighted by atomic mass is 32.1. The Morgan fingerprint density at radius 3 is 2.83 bits per heavy atom. The lowest BCUT2D eigenvalue weighted by Gasteiger charge is -2.03. The summed E-state index contributed by atoms with van der Waals surface area (Å²) in [7, 11) is 0. The van der Waals surface area contributed by atoms with E-state index in [1.807, 2.05) is 17.5 Å². The van der Waals surface area contributed by atoms with E-state index in [0.717, 1.165) is 9.56 Å². The molecule has 4 rings (SSSR count). The number of furan rings is 1. The Morgan fingerprint density at radius 1 is 1.17 bits per heavy atom. The fraction of sp³-hybridized carbons (Fsp3) is 0.143. The Bertz CT molecular complexity index is 965. The summed E-state index contributed by atoms with van der Waals surface area (Å²) in [5.74, 6) is 0.530. The van der Waals surface area contributed by atoms with Gasteiger partial charge in [-0.05, 0) is 30.5 Å². The van der Waals surface area contributed by atoms with Crippen LogP contribution in [0.4, 0.5) is 0 Å². The SMILES string of the molecule is C[C@@H](c1nnc(-c2cccs2)o1)n1nc(-c2ccco2)oc1=O. The van der Waals surface area contributed by atoms with Crippen LogP contribution in [0.5, 0.6) is 0 Å². The molecule has 4 heterocycles. The second kappa shape index (κ2) is 5.36. The first kappa shape index (κ1) is 13.7. The smallest absolute Gasteiger partial charge is 0.438 e. The molecule has 116 valence electrons. The molecule has 0 saturated heterocycles. The van der Waals surface area contributed by atoms with Crippen LogP contribution >= 0.6 is 11.3 Å². The van der Waals surface area contributed by atoms with Gasteiger partial charge in [-0.25, -0.2) is 4.79 Å². The fourth-order valence-electron chi connectivity index (χ4n) is 2.04. The molecule has 23 heavy (non-hydrogen) atoms. The predicted octanol–water partition coefficient (Wildman–Crippen LogP) is 2.82. The molecule has 9 heteroatoms. The van der Waals surface area contributed by atoms with Crippen LogP contribution in [0.15, 0.2) is 54.0 Å². The number of aromatic nitrogens is 4. The third-order valence-electron chi connectivity index (χ3n) is 3.20. The Hall–Kier alpha value is -2.94. The highest BCUT2D eigenvalue weighted by Gasteiger charge is 2.23. The summed E-state index contributed by atoms with van der Waals surface area (Å²) in [6, 6.07) is 6.55. The molecule has 0 saturated carbocycles. The molecule has 4 aromatic heterocycles. The summed E-state index contributed by atoms with van der Waals surface area (Å²) >= 11 is 1.49. The molecule has 0 fully saturated rings. The minimum atomic E-state index is -0.625. The highest BCUT2D eigenvalue weighted by Crippen LogP contribution is 2.26. The zero-order chi connectivity index (χ0) is 15.8.